The minimum absolute atomic E-state index is 0.165. The highest BCUT2D eigenvalue weighted by Crippen LogP contribution is 2.29. The number of nitrogens with one attached hydrogen (secondary N) is 1. The molecule has 1 atom stereocenters. The standard InChI is InChI=1S/C11H11Cl2N3S/c1-2-10(15-11-16-14-6-17-11)7-3-4-8(12)9(13)5-7/h3-6,10H,2H2,1H3,(H,15,16). The average Bonchev–Trinajstić information content (AvgIpc) is 2.82. The lowest BCUT2D eigenvalue weighted by molar-refractivity contribution is 0.746. The van der Waals surface area contributed by atoms with Crippen molar-refractivity contribution in [1.29, 1.82) is 0 Å². The molecule has 2 aromatic rings. The molecule has 0 aliphatic heterocycles. The summed E-state index contributed by atoms with van der Waals surface area (Å²) in [7, 11) is 0. The van der Waals surface area contributed by atoms with E-state index in [1.807, 2.05) is 18.2 Å². The van der Waals surface area contributed by atoms with Crippen molar-refractivity contribution < 1.29 is 0 Å². The van der Waals surface area contributed by atoms with Crippen LogP contribution in [0.25, 0.3) is 0 Å². The van der Waals surface area contributed by atoms with E-state index in [0.29, 0.717) is 10.0 Å². The highest BCUT2D eigenvalue weighted by Gasteiger charge is 2.12. The second-order valence-electron chi connectivity index (χ2n) is 3.52. The van der Waals surface area contributed by atoms with Crippen LogP contribution in [0.3, 0.4) is 0 Å². The Morgan fingerprint density at radius 2 is 2.18 bits per heavy atom. The first-order valence-corrected chi connectivity index (χ1v) is 6.82. The van der Waals surface area contributed by atoms with Crippen LogP contribution in [0.2, 0.25) is 10.0 Å². The summed E-state index contributed by atoms with van der Waals surface area (Å²) < 4.78 is 0. The summed E-state index contributed by atoms with van der Waals surface area (Å²) in [5, 5.41) is 13.0. The third kappa shape index (κ3) is 3.09. The maximum Gasteiger partial charge on any atom is 0.205 e. The highest BCUT2D eigenvalue weighted by molar-refractivity contribution is 7.13. The van der Waals surface area contributed by atoms with E-state index >= 15 is 0 Å². The van der Waals surface area contributed by atoms with Crippen LogP contribution in [0, 0.1) is 0 Å². The molecule has 0 bridgehead atoms. The molecule has 0 aliphatic carbocycles. The molecule has 0 saturated carbocycles. The smallest absolute Gasteiger partial charge is 0.205 e. The Labute approximate surface area is 114 Å². The molecule has 90 valence electrons. The number of aromatic nitrogens is 2. The molecule has 0 amide bonds. The summed E-state index contributed by atoms with van der Waals surface area (Å²) in [4.78, 5) is 0. The molecular weight excluding hydrogens is 277 g/mol. The van der Waals surface area contributed by atoms with Gasteiger partial charge in [0.15, 0.2) is 0 Å². The Hall–Kier alpha value is -0.840. The second-order valence-corrected chi connectivity index (χ2v) is 5.17. The summed E-state index contributed by atoms with van der Waals surface area (Å²) in [6, 6.07) is 5.82. The first kappa shape index (κ1) is 12.6. The van der Waals surface area contributed by atoms with Crippen LogP contribution in [0.5, 0.6) is 0 Å². The van der Waals surface area contributed by atoms with Crippen molar-refractivity contribution in [3.8, 4) is 0 Å². The maximum absolute atomic E-state index is 6.01. The molecule has 0 radical (unpaired) electrons. The lowest BCUT2D eigenvalue weighted by Gasteiger charge is -2.16. The minimum atomic E-state index is 0.165. The molecule has 1 unspecified atom stereocenters. The lowest BCUT2D eigenvalue weighted by Crippen LogP contribution is -2.09. The van der Waals surface area contributed by atoms with Crippen LogP contribution in [0.1, 0.15) is 24.9 Å². The van der Waals surface area contributed by atoms with Gasteiger partial charge < -0.3 is 5.32 Å². The van der Waals surface area contributed by atoms with Gasteiger partial charge in [-0.2, -0.15) is 0 Å². The molecule has 1 aromatic heterocycles. The van der Waals surface area contributed by atoms with Crippen molar-refractivity contribution >= 4 is 39.7 Å². The molecule has 6 heteroatoms. The molecule has 0 fully saturated rings. The minimum Gasteiger partial charge on any atom is -0.353 e. The Kier molecular flexibility index (Phi) is 4.20. The van der Waals surface area contributed by atoms with E-state index in [2.05, 4.69) is 22.4 Å². The van der Waals surface area contributed by atoms with Gasteiger partial charge in [-0.15, -0.1) is 10.2 Å². The van der Waals surface area contributed by atoms with Crippen LogP contribution < -0.4 is 5.32 Å². The number of nitrogens with zero attached hydrogens (tertiary/aromatic N) is 2. The van der Waals surface area contributed by atoms with Gasteiger partial charge in [-0.3, -0.25) is 0 Å². The fourth-order valence-corrected chi connectivity index (χ4v) is 2.34. The predicted octanol–water partition coefficient (Wildman–Crippen LogP) is 4.41. The van der Waals surface area contributed by atoms with E-state index in [0.717, 1.165) is 17.1 Å². The molecule has 0 spiro atoms. The Morgan fingerprint density at radius 1 is 1.35 bits per heavy atom. The molecule has 1 heterocycles. The molecule has 1 N–H and O–H groups in total. The monoisotopic (exact) mass is 287 g/mol. The first-order chi connectivity index (χ1) is 8.20. The fraction of sp³-hybridized carbons (Fsp3) is 0.273. The van der Waals surface area contributed by atoms with E-state index in [1.165, 1.54) is 11.3 Å². The fourth-order valence-electron chi connectivity index (χ4n) is 1.54. The third-order valence-electron chi connectivity index (χ3n) is 2.41. The van der Waals surface area contributed by atoms with Gasteiger partial charge in [-0.25, -0.2) is 0 Å². The van der Waals surface area contributed by atoms with Gasteiger partial charge in [0, 0.05) is 0 Å². The van der Waals surface area contributed by atoms with Crippen molar-refractivity contribution in [2.45, 2.75) is 19.4 Å². The molecule has 1 aromatic carbocycles. The molecule has 0 saturated heterocycles. The molecule has 2 rings (SSSR count). The Morgan fingerprint density at radius 3 is 2.76 bits per heavy atom. The normalized spacial score (nSPS) is 12.4. The quantitative estimate of drug-likeness (QED) is 0.905. The zero-order valence-corrected chi connectivity index (χ0v) is 11.5. The maximum atomic E-state index is 6.01. The van der Waals surface area contributed by atoms with Crippen LogP contribution >= 0.6 is 34.5 Å². The first-order valence-electron chi connectivity index (χ1n) is 5.18. The number of benzene rings is 1. The van der Waals surface area contributed by atoms with Crippen LogP contribution in [0.15, 0.2) is 23.7 Å². The molecule has 17 heavy (non-hydrogen) atoms. The predicted molar refractivity (Wildman–Crippen MR) is 73.0 cm³/mol. The number of hydrogen-bond acceptors (Lipinski definition) is 4. The molecular formula is C11H11Cl2N3S. The van der Waals surface area contributed by atoms with E-state index in [4.69, 9.17) is 23.2 Å². The van der Waals surface area contributed by atoms with Crippen molar-refractivity contribution in [3.05, 3.63) is 39.3 Å². The van der Waals surface area contributed by atoms with E-state index in [-0.39, 0.29) is 6.04 Å². The van der Waals surface area contributed by atoms with Gasteiger partial charge in [0.25, 0.3) is 0 Å². The molecule has 0 aliphatic rings. The van der Waals surface area contributed by atoms with E-state index in [1.54, 1.807) is 5.51 Å². The van der Waals surface area contributed by atoms with Crippen LogP contribution in [-0.4, -0.2) is 10.2 Å². The average molecular weight is 288 g/mol. The van der Waals surface area contributed by atoms with Gasteiger partial charge in [-0.05, 0) is 24.1 Å². The SMILES string of the molecule is CCC(Nc1nncs1)c1ccc(Cl)c(Cl)c1. The van der Waals surface area contributed by atoms with E-state index in [9.17, 15) is 0 Å². The Balaban J connectivity index is 2.20. The Bertz CT molecular complexity index is 487. The number of rotatable bonds is 4. The summed E-state index contributed by atoms with van der Waals surface area (Å²) in [6.45, 7) is 2.10. The summed E-state index contributed by atoms with van der Waals surface area (Å²) in [5.74, 6) is 0. The second kappa shape index (κ2) is 5.67. The van der Waals surface area contributed by atoms with Crippen LogP contribution in [-0.2, 0) is 0 Å². The summed E-state index contributed by atoms with van der Waals surface area (Å²) in [6.07, 6.45) is 0.928. The van der Waals surface area contributed by atoms with Gasteiger partial charge in [0.05, 0.1) is 16.1 Å². The summed E-state index contributed by atoms with van der Waals surface area (Å²) in [5.41, 5.74) is 2.79. The zero-order chi connectivity index (χ0) is 12.3. The van der Waals surface area contributed by atoms with Crippen molar-refractivity contribution in [2.75, 3.05) is 5.32 Å². The number of hydrogen-bond donors (Lipinski definition) is 1. The lowest BCUT2D eigenvalue weighted by atomic mass is 10.1. The zero-order valence-electron chi connectivity index (χ0n) is 9.15. The number of anilines is 1. The topological polar surface area (TPSA) is 37.8 Å². The van der Waals surface area contributed by atoms with Gasteiger partial charge in [0.2, 0.25) is 5.13 Å². The van der Waals surface area contributed by atoms with Crippen molar-refractivity contribution in [2.24, 2.45) is 0 Å². The van der Waals surface area contributed by atoms with Crippen molar-refractivity contribution in [1.82, 2.24) is 10.2 Å². The van der Waals surface area contributed by atoms with Crippen LogP contribution in [0.4, 0.5) is 5.13 Å². The molecule has 3 nitrogen and oxygen atoms in total. The van der Waals surface area contributed by atoms with Gasteiger partial charge in [-0.1, -0.05) is 47.5 Å². The third-order valence-corrected chi connectivity index (χ3v) is 3.77. The van der Waals surface area contributed by atoms with E-state index < -0.39 is 0 Å². The largest absolute Gasteiger partial charge is 0.353 e. The highest BCUT2D eigenvalue weighted by atomic mass is 35.5. The summed E-state index contributed by atoms with van der Waals surface area (Å²) >= 11 is 13.4. The number of halogens is 2. The van der Waals surface area contributed by atoms with Gasteiger partial charge >= 0.3 is 0 Å². The van der Waals surface area contributed by atoms with Crippen molar-refractivity contribution in [3.63, 3.8) is 0 Å². The van der Waals surface area contributed by atoms with Gasteiger partial charge in [0.1, 0.15) is 5.51 Å².